The van der Waals surface area contributed by atoms with Crippen LogP contribution < -0.4 is 11.1 Å². The number of primary amides is 1. The highest BCUT2D eigenvalue weighted by molar-refractivity contribution is 7.89. The highest BCUT2D eigenvalue weighted by atomic mass is 32.2. The summed E-state index contributed by atoms with van der Waals surface area (Å²) in [4.78, 5) is 38.9. The summed E-state index contributed by atoms with van der Waals surface area (Å²) in [5, 5.41) is 2.50. The zero-order valence-corrected chi connectivity index (χ0v) is 15.7. The first-order valence-electron chi connectivity index (χ1n) is 8.66. The van der Waals surface area contributed by atoms with E-state index in [1.165, 1.54) is 18.7 Å². The number of ketones is 1. The lowest BCUT2D eigenvalue weighted by atomic mass is 10.1. The molecular weight excluding hydrogens is 372 g/mol. The molecule has 27 heavy (non-hydrogen) atoms. The minimum atomic E-state index is -3.86. The van der Waals surface area contributed by atoms with Crippen molar-refractivity contribution in [2.75, 3.05) is 13.1 Å². The molecule has 2 amide bonds. The normalized spacial score (nSPS) is 18.7. The molecule has 1 unspecified atom stereocenters. The van der Waals surface area contributed by atoms with Crippen LogP contribution in [-0.4, -0.2) is 54.4 Å². The number of pyridine rings is 1. The minimum Gasteiger partial charge on any atom is -0.370 e. The largest absolute Gasteiger partial charge is 0.370 e. The first-order valence-corrected chi connectivity index (χ1v) is 10.1. The van der Waals surface area contributed by atoms with E-state index >= 15 is 0 Å². The van der Waals surface area contributed by atoms with E-state index < -0.39 is 27.9 Å². The van der Waals surface area contributed by atoms with Gasteiger partial charge in [0.15, 0.2) is 10.8 Å². The first-order chi connectivity index (χ1) is 12.8. The highest BCUT2D eigenvalue weighted by Gasteiger charge is 2.33. The molecule has 1 aliphatic heterocycles. The lowest BCUT2D eigenvalue weighted by Gasteiger charge is -2.19. The second-order valence-electron chi connectivity index (χ2n) is 6.24. The van der Waals surface area contributed by atoms with E-state index in [-0.39, 0.29) is 30.3 Å². The van der Waals surface area contributed by atoms with Crippen LogP contribution in [0.1, 0.15) is 32.1 Å². The summed E-state index contributed by atoms with van der Waals surface area (Å²) in [5.41, 5.74) is 5.03. The molecule has 0 aromatic carbocycles. The number of nitrogens with zero attached hydrogens (tertiary/aromatic N) is 2. The second-order valence-corrected chi connectivity index (χ2v) is 8.12. The Labute approximate surface area is 158 Å². The van der Waals surface area contributed by atoms with Crippen molar-refractivity contribution in [1.29, 1.82) is 0 Å². The third kappa shape index (κ3) is 6.10. The van der Waals surface area contributed by atoms with E-state index in [4.69, 9.17) is 5.73 Å². The summed E-state index contributed by atoms with van der Waals surface area (Å²) >= 11 is 0. The number of amides is 2. The number of unbranched alkanes of at least 4 members (excludes halogenated alkanes) is 1. The van der Waals surface area contributed by atoms with Crippen molar-refractivity contribution < 1.29 is 22.8 Å². The van der Waals surface area contributed by atoms with E-state index in [0.717, 1.165) is 4.31 Å². The number of carbonyl (C=O) groups is 3. The van der Waals surface area contributed by atoms with Gasteiger partial charge in [0.05, 0.1) is 12.6 Å². The molecule has 2 rings (SSSR count). The summed E-state index contributed by atoms with van der Waals surface area (Å²) in [6, 6.07) is 3.81. The number of hydrogen-bond donors (Lipinski definition) is 2. The van der Waals surface area contributed by atoms with Crippen LogP contribution in [0, 0.1) is 6.42 Å². The van der Waals surface area contributed by atoms with Crippen molar-refractivity contribution in [1.82, 2.24) is 14.6 Å². The predicted octanol–water partition coefficient (Wildman–Crippen LogP) is -0.220. The Balaban J connectivity index is 1.92. The summed E-state index contributed by atoms with van der Waals surface area (Å²) in [7, 11) is -3.86. The molecule has 3 N–H and O–H groups in total. The van der Waals surface area contributed by atoms with E-state index in [1.807, 2.05) is 0 Å². The molecule has 147 valence electrons. The summed E-state index contributed by atoms with van der Waals surface area (Å²) in [6.45, 7) is -0.134. The number of rotatable bonds is 8. The molecule has 1 aliphatic rings. The van der Waals surface area contributed by atoms with Crippen molar-refractivity contribution in [2.24, 2.45) is 5.73 Å². The number of nitrogens with two attached hydrogens (primary N) is 1. The average molecular weight is 395 g/mol. The number of nitrogens with one attached hydrogen (secondary N) is 1. The van der Waals surface area contributed by atoms with Crippen LogP contribution in [0.4, 0.5) is 0 Å². The van der Waals surface area contributed by atoms with Gasteiger partial charge < -0.3 is 11.1 Å². The van der Waals surface area contributed by atoms with Gasteiger partial charge in [0.25, 0.3) is 10.0 Å². The van der Waals surface area contributed by atoms with Gasteiger partial charge in [-0.15, -0.1) is 0 Å². The smallest absolute Gasteiger partial charge is 0.260 e. The second kappa shape index (κ2) is 9.56. The molecule has 0 spiro atoms. The van der Waals surface area contributed by atoms with Crippen LogP contribution in [0.25, 0.3) is 0 Å². The molecule has 1 radical (unpaired) electrons. The molecule has 10 heteroatoms. The van der Waals surface area contributed by atoms with Gasteiger partial charge >= 0.3 is 0 Å². The molecule has 1 aromatic heterocycles. The fraction of sp³-hybridized carbons (Fsp3) is 0.471. The summed E-state index contributed by atoms with van der Waals surface area (Å²) in [5.74, 6) is -1.22. The fourth-order valence-corrected chi connectivity index (χ4v) is 4.10. The van der Waals surface area contributed by atoms with Crippen LogP contribution in [0.15, 0.2) is 29.4 Å². The molecule has 0 bridgehead atoms. The van der Waals surface area contributed by atoms with Gasteiger partial charge in [0, 0.05) is 25.6 Å². The molecule has 2 heterocycles. The van der Waals surface area contributed by atoms with Crippen LogP contribution in [0.3, 0.4) is 0 Å². The monoisotopic (exact) mass is 395 g/mol. The standard InChI is InChI=1S/C17H23N4O5S/c18-15(23)7-1-2-8-16(24)20-13-6-5-11-21(12-14(13)22)27(25,26)17-9-3-4-10-19-17/h3-4,8-10,13H,1-2,5-7,11-12H2,(H2,18,23)(H,20,24). The molecule has 0 aliphatic carbocycles. The highest BCUT2D eigenvalue weighted by Crippen LogP contribution is 2.17. The third-order valence-electron chi connectivity index (χ3n) is 4.14. The Kier molecular flexibility index (Phi) is 7.43. The maximum Gasteiger partial charge on any atom is 0.260 e. The minimum absolute atomic E-state index is 0.108. The topological polar surface area (TPSA) is 140 Å². The Morgan fingerprint density at radius 3 is 2.81 bits per heavy atom. The fourth-order valence-electron chi connectivity index (χ4n) is 2.73. The maximum absolute atomic E-state index is 12.6. The van der Waals surface area contributed by atoms with Crippen LogP contribution in [0.5, 0.6) is 0 Å². The van der Waals surface area contributed by atoms with Gasteiger partial charge in [-0.3, -0.25) is 14.4 Å². The Morgan fingerprint density at radius 2 is 2.15 bits per heavy atom. The SMILES string of the molecule is NC(=O)CCC[CH]C(=O)NC1CCCN(S(=O)(=O)c2ccccn2)CC1=O. The maximum atomic E-state index is 12.6. The van der Waals surface area contributed by atoms with E-state index in [1.54, 1.807) is 12.1 Å². The van der Waals surface area contributed by atoms with Gasteiger partial charge in [0.1, 0.15) is 0 Å². The Bertz CT molecular complexity index is 782. The van der Waals surface area contributed by atoms with Crippen molar-refractivity contribution in [3.05, 3.63) is 30.8 Å². The van der Waals surface area contributed by atoms with E-state index in [2.05, 4.69) is 10.3 Å². The van der Waals surface area contributed by atoms with Crippen molar-refractivity contribution in [2.45, 2.75) is 43.2 Å². The van der Waals surface area contributed by atoms with Gasteiger partial charge in [0.2, 0.25) is 11.8 Å². The number of hydrogen-bond acceptors (Lipinski definition) is 6. The molecule has 1 atom stereocenters. The number of carbonyl (C=O) groups excluding carboxylic acids is 3. The quantitative estimate of drug-likeness (QED) is 0.583. The predicted molar refractivity (Wildman–Crippen MR) is 96.5 cm³/mol. The van der Waals surface area contributed by atoms with Gasteiger partial charge in [-0.2, -0.15) is 4.31 Å². The summed E-state index contributed by atoms with van der Waals surface area (Å²) in [6.07, 6.45) is 4.55. The van der Waals surface area contributed by atoms with Crippen molar-refractivity contribution in [3.63, 3.8) is 0 Å². The summed E-state index contributed by atoms with van der Waals surface area (Å²) < 4.78 is 26.3. The van der Waals surface area contributed by atoms with Crippen LogP contribution in [0.2, 0.25) is 0 Å². The van der Waals surface area contributed by atoms with Crippen molar-refractivity contribution in [3.8, 4) is 0 Å². The number of aromatic nitrogens is 1. The van der Waals surface area contributed by atoms with Gasteiger partial charge in [-0.25, -0.2) is 13.4 Å². The Morgan fingerprint density at radius 1 is 1.37 bits per heavy atom. The first kappa shape index (κ1) is 21.0. The molecular formula is C17H23N4O5S. The van der Waals surface area contributed by atoms with Gasteiger partial charge in [-0.1, -0.05) is 6.07 Å². The third-order valence-corrected chi connectivity index (χ3v) is 5.90. The molecule has 1 saturated heterocycles. The zero-order valence-electron chi connectivity index (χ0n) is 14.8. The number of sulfonamides is 1. The Hall–Kier alpha value is -2.33. The zero-order chi connectivity index (χ0) is 19.9. The molecule has 1 aromatic rings. The average Bonchev–Trinajstić information content (AvgIpc) is 2.81. The lowest BCUT2D eigenvalue weighted by molar-refractivity contribution is -0.126. The molecule has 0 saturated carbocycles. The number of Topliss-reactive ketones (excluding diaryl/α,β-unsaturated/α-hetero) is 1. The molecule has 9 nitrogen and oxygen atoms in total. The van der Waals surface area contributed by atoms with Crippen LogP contribution >= 0.6 is 0 Å². The van der Waals surface area contributed by atoms with E-state index in [9.17, 15) is 22.8 Å². The van der Waals surface area contributed by atoms with Crippen LogP contribution in [-0.2, 0) is 24.4 Å². The van der Waals surface area contributed by atoms with E-state index in [0.29, 0.717) is 25.7 Å². The van der Waals surface area contributed by atoms with Gasteiger partial charge in [-0.05, 0) is 37.8 Å². The van der Waals surface area contributed by atoms with Crippen molar-refractivity contribution >= 4 is 27.6 Å². The lowest BCUT2D eigenvalue weighted by Crippen LogP contribution is -2.44. The molecule has 1 fully saturated rings.